The average molecular weight is 516 g/mol. The van der Waals surface area contributed by atoms with Crippen LogP contribution in [0.5, 0.6) is 0 Å². The molecule has 0 saturated heterocycles. The van der Waals surface area contributed by atoms with Crippen molar-refractivity contribution in [2.24, 2.45) is 0 Å². The van der Waals surface area contributed by atoms with Crippen LogP contribution in [0, 0.1) is 0 Å². The second-order valence-electron chi connectivity index (χ2n) is 8.46. The Morgan fingerprint density at radius 3 is 1.97 bits per heavy atom. The van der Waals surface area contributed by atoms with Crippen molar-refractivity contribution in [3.8, 4) is 33.9 Å². The number of imidazole rings is 1. The molecule has 0 amide bonds. The molecule has 0 aliphatic heterocycles. The second-order valence-corrected chi connectivity index (χ2v) is 9.31. The lowest BCUT2D eigenvalue weighted by Crippen LogP contribution is -2.04. The Bertz CT molecular complexity index is 1560. The van der Waals surface area contributed by atoms with Crippen molar-refractivity contribution in [1.82, 2.24) is 14.5 Å². The maximum atomic E-state index is 5.12. The van der Waals surface area contributed by atoms with Gasteiger partial charge in [-0.25, -0.2) is 9.97 Å². The van der Waals surface area contributed by atoms with Crippen LogP contribution in [0.15, 0.2) is 126 Å². The maximum absolute atomic E-state index is 5.12. The SMILES string of the molecule is Brc1ccccc1Cn1c(-c2cc(-c3ccccc3)cc(-c3ccccc3)n2)nc2ccccc21. The molecule has 2 aromatic heterocycles. The fourth-order valence-electron chi connectivity index (χ4n) is 4.43. The van der Waals surface area contributed by atoms with Gasteiger partial charge in [0.1, 0.15) is 5.69 Å². The highest BCUT2D eigenvalue weighted by Crippen LogP contribution is 2.32. The van der Waals surface area contributed by atoms with Crippen LogP contribution < -0.4 is 0 Å². The van der Waals surface area contributed by atoms with Gasteiger partial charge < -0.3 is 4.57 Å². The highest BCUT2D eigenvalue weighted by molar-refractivity contribution is 9.10. The molecular formula is C31H22BrN3. The van der Waals surface area contributed by atoms with Crippen LogP contribution in [0.2, 0.25) is 0 Å². The number of aromatic nitrogens is 3. The normalized spacial score (nSPS) is 11.1. The molecule has 0 N–H and O–H groups in total. The van der Waals surface area contributed by atoms with Crippen LogP contribution in [0.25, 0.3) is 44.9 Å². The summed E-state index contributed by atoms with van der Waals surface area (Å²) in [5.74, 6) is 0.858. The van der Waals surface area contributed by atoms with E-state index in [1.807, 2.05) is 36.4 Å². The van der Waals surface area contributed by atoms with Crippen molar-refractivity contribution >= 4 is 27.0 Å². The predicted molar refractivity (Wildman–Crippen MR) is 147 cm³/mol. The molecule has 3 nitrogen and oxygen atoms in total. The standard InChI is InChI=1S/C31H22BrN3/c32-26-16-8-7-15-24(26)21-35-30-18-10-9-17-27(30)34-31(35)29-20-25(22-11-3-1-4-12-22)19-28(33-29)23-13-5-2-6-14-23/h1-20H,21H2. The molecule has 0 spiro atoms. The maximum Gasteiger partial charge on any atom is 0.160 e. The van der Waals surface area contributed by atoms with E-state index >= 15 is 0 Å². The molecule has 4 heteroatoms. The summed E-state index contributed by atoms with van der Waals surface area (Å²) in [5, 5.41) is 0. The number of para-hydroxylation sites is 2. The van der Waals surface area contributed by atoms with Gasteiger partial charge in [-0.05, 0) is 47.0 Å². The van der Waals surface area contributed by atoms with Crippen LogP contribution in [-0.4, -0.2) is 14.5 Å². The smallest absolute Gasteiger partial charge is 0.160 e. The zero-order valence-corrected chi connectivity index (χ0v) is 20.6. The van der Waals surface area contributed by atoms with E-state index in [4.69, 9.17) is 9.97 Å². The average Bonchev–Trinajstić information content (AvgIpc) is 3.29. The first-order chi connectivity index (χ1) is 17.3. The minimum Gasteiger partial charge on any atom is -0.318 e. The fourth-order valence-corrected chi connectivity index (χ4v) is 4.84. The first-order valence-corrected chi connectivity index (χ1v) is 12.4. The summed E-state index contributed by atoms with van der Waals surface area (Å²) in [5.41, 5.74) is 8.39. The van der Waals surface area contributed by atoms with Gasteiger partial charge >= 0.3 is 0 Å². The van der Waals surface area contributed by atoms with Gasteiger partial charge in [0.2, 0.25) is 0 Å². The topological polar surface area (TPSA) is 30.7 Å². The van der Waals surface area contributed by atoms with Crippen molar-refractivity contribution < 1.29 is 0 Å². The minimum atomic E-state index is 0.690. The van der Waals surface area contributed by atoms with Crippen molar-refractivity contribution in [3.05, 3.63) is 131 Å². The molecule has 6 rings (SSSR count). The fraction of sp³-hybridized carbons (Fsp3) is 0.0323. The Morgan fingerprint density at radius 2 is 1.20 bits per heavy atom. The largest absolute Gasteiger partial charge is 0.318 e. The number of hydrogen-bond donors (Lipinski definition) is 0. The van der Waals surface area contributed by atoms with Gasteiger partial charge in [-0.15, -0.1) is 0 Å². The molecule has 0 unspecified atom stereocenters. The molecule has 35 heavy (non-hydrogen) atoms. The van der Waals surface area contributed by atoms with Gasteiger partial charge in [0, 0.05) is 10.0 Å². The molecule has 0 saturated carbocycles. The van der Waals surface area contributed by atoms with E-state index in [0.717, 1.165) is 49.4 Å². The number of benzene rings is 4. The zero-order chi connectivity index (χ0) is 23.6. The lowest BCUT2D eigenvalue weighted by atomic mass is 10.0. The molecule has 0 aliphatic rings. The molecule has 2 heterocycles. The van der Waals surface area contributed by atoms with Gasteiger partial charge in [0.05, 0.1) is 23.3 Å². The Balaban J connectivity index is 1.59. The minimum absolute atomic E-state index is 0.690. The number of fused-ring (bicyclic) bond motifs is 1. The summed E-state index contributed by atoms with van der Waals surface area (Å²) in [6.45, 7) is 0.690. The van der Waals surface area contributed by atoms with Gasteiger partial charge in [-0.2, -0.15) is 0 Å². The summed E-state index contributed by atoms with van der Waals surface area (Å²) >= 11 is 3.72. The molecule has 4 aromatic carbocycles. The van der Waals surface area contributed by atoms with E-state index in [9.17, 15) is 0 Å². The van der Waals surface area contributed by atoms with Crippen molar-refractivity contribution in [1.29, 1.82) is 0 Å². The summed E-state index contributed by atoms with van der Waals surface area (Å²) in [4.78, 5) is 10.2. The summed E-state index contributed by atoms with van der Waals surface area (Å²) < 4.78 is 3.35. The van der Waals surface area contributed by atoms with E-state index in [0.29, 0.717) is 6.54 Å². The van der Waals surface area contributed by atoms with E-state index in [2.05, 4.69) is 105 Å². The molecule has 6 aromatic rings. The lowest BCUT2D eigenvalue weighted by molar-refractivity contribution is 0.827. The molecule has 0 fully saturated rings. The molecule has 0 bridgehead atoms. The summed E-state index contributed by atoms with van der Waals surface area (Å²) in [6.07, 6.45) is 0. The third-order valence-electron chi connectivity index (χ3n) is 6.17. The summed E-state index contributed by atoms with van der Waals surface area (Å²) in [7, 11) is 0. The van der Waals surface area contributed by atoms with Crippen molar-refractivity contribution in [2.75, 3.05) is 0 Å². The van der Waals surface area contributed by atoms with Crippen molar-refractivity contribution in [2.45, 2.75) is 6.54 Å². The highest BCUT2D eigenvalue weighted by atomic mass is 79.9. The number of nitrogens with zero attached hydrogens (tertiary/aromatic N) is 3. The number of halogens is 1. The van der Waals surface area contributed by atoms with Crippen LogP contribution >= 0.6 is 15.9 Å². The Kier molecular flexibility index (Phi) is 5.73. The monoisotopic (exact) mass is 515 g/mol. The molecular weight excluding hydrogens is 494 g/mol. The third-order valence-corrected chi connectivity index (χ3v) is 6.95. The molecule has 0 atom stereocenters. The van der Waals surface area contributed by atoms with Crippen LogP contribution in [0.1, 0.15) is 5.56 Å². The van der Waals surface area contributed by atoms with E-state index < -0.39 is 0 Å². The van der Waals surface area contributed by atoms with Crippen LogP contribution in [-0.2, 0) is 6.54 Å². The van der Waals surface area contributed by atoms with Gasteiger partial charge in [0.25, 0.3) is 0 Å². The van der Waals surface area contributed by atoms with E-state index in [-0.39, 0.29) is 0 Å². The number of hydrogen-bond acceptors (Lipinski definition) is 2. The zero-order valence-electron chi connectivity index (χ0n) is 19.0. The van der Waals surface area contributed by atoms with Crippen molar-refractivity contribution in [3.63, 3.8) is 0 Å². The first-order valence-electron chi connectivity index (χ1n) is 11.6. The van der Waals surface area contributed by atoms with E-state index in [1.54, 1.807) is 0 Å². The second kappa shape index (κ2) is 9.32. The third kappa shape index (κ3) is 4.29. The predicted octanol–water partition coefficient (Wildman–Crippen LogP) is 8.24. The first kappa shape index (κ1) is 21.5. The van der Waals surface area contributed by atoms with Gasteiger partial charge in [-0.1, -0.05) is 107 Å². The Labute approximate surface area is 212 Å². The Morgan fingerprint density at radius 1 is 0.571 bits per heavy atom. The number of pyridine rings is 1. The quantitative estimate of drug-likeness (QED) is 0.231. The van der Waals surface area contributed by atoms with Crippen LogP contribution in [0.4, 0.5) is 0 Å². The summed E-state index contributed by atoms with van der Waals surface area (Å²) in [6, 6.07) is 41.7. The number of rotatable bonds is 5. The highest BCUT2D eigenvalue weighted by Gasteiger charge is 2.17. The molecule has 168 valence electrons. The Hall–Kier alpha value is -4.02. The lowest BCUT2D eigenvalue weighted by Gasteiger charge is -2.13. The van der Waals surface area contributed by atoms with E-state index in [1.165, 1.54) is 5.56 Å². The van der Waals surface area contributed by atoms with Gasteiger partial charge in [-0.3, -0.25) is 0 Å². The van der Waals surface area contributed by atoms with Gasteiger partial charge in [0.15, 0.2) is 5.82 Å². The molecule has 0 aliphatic carbocycles. The van der Waals surface area contributed by atoms with Crippen LogP contribution in [0.3, 0.4) is 0 Å². The molecule has 0 radical (unpaired) electrons.